The number of aromatic nitrogens is 1. The molecule has 0 amide bonds. The summed E-state index contributed by atoms with van der Waals surface area (Å²) in [6, 6.07) is 31.3. The Morgan fingerprint density at radius 2 is 1.31 bits per heavy atom. The van der Waals surface area contributed by atoms with Crippen LogP contribution in [-0.4, -0.2) is 18.4 Å². The first kappa shape index (κ1) is 22.6. The summed E-state index contributed by atoms with van der Waals surface area (Å²) < 4.78 is 7.02. The van der Waals surface area contributed by atoms with Gasteiger partial charge in [-0.3, -0.25) is 0 Å². The fraction of sp³-hybridized carbons (Fsp3) is 0.222. The Morgan fingerprint density at radius 3 is 1.78 bits per heavy atom. The first-order valence-corrected chi connectivity index (χ1v) is 13.6. The van der Waals surface area contributed by atoms with E-state index in [1.165, 1.54) is 21.7 Å². The lowest BCUT2D eigenvalue weighted by Crippen LogP contribution is -2.66. The van der Waals surface area contributed by atoms with Gasteiger partial charge in [-0.25, -0.2) is 4.98 Å². The molecule has 0 saturated carbocycles. The predicted octanol–water partition coefficient (Wildman–Crippen LogP) is 5.38. The molecule has 4 aromatic rings. The van der Waals surface area contributed by atoms with Crippen LogP contribution in [0.2, 0.25) is 5.04 Å². The number of rotatable bonds is 7. The highest BCUT2D eigenvalue weighted by molar-refractivity contribution is 7.15. The smallest absolute Gasteiger partial charge is 0.261 e. The third-order valence-corrected chi connectivity index (χ3v) is 11.9. The molecular weight excluding hydrogens is 430 g/mol. The number of aliphatic hydroxyl groups is 1. The van der Waals surface area contributed by atoms with Crippen LogP contribution in [0, 0.1) is 0 Å². The summed E-state index contributed by atoms with van der Waals surface area (Å²) in [6.45, 7) is 7.13. The molecule has 0 aliphatic heterocycles. The highest BCUT2D eigenvalue weighted by atomic mass is 32.1. The molecule has 1 N–H and O–H groups in total. The largest absolute Gasteiger partial charge is 0.401 e. The molecule has 5 heteroatoms. The summed E-state index contributed by atoms with van der Waals surface area (Å²) >= 11 is 1.54. The van der Waals surface area contributed by atoms with E-state index in [2.05, 4.69) is 69.3 Å². The molecule has 3 aromatic carbocycles. The highest BCUT2D eigenvalue weighted by Crippen LogP contribution is 2.38. The van der Waals surface area contributed by atoms with E-state index in [0.29, 0.717) is 6.61 Å². The zero-order valence-electron chi connectivity index (χ0n) is 18.8. The van der Waals surface area contributed by atoms with Gasteiger partial charge in [0, 0.05) is 5.56 Å². The molecule has 0 atom stereocenters. The van der Waals surface area contributed by atoms with Crippen LogP contribution in [-0.2, 0) is 17.6 Å². The Bertz CT molecular complexity index is 1100. The molecule has 0 radical (unpaired) electrons. The van der Waals surface area contributed by atoms with Crippen LogP contribution in [0.3, 0.4) is 0 Å². The van der Waals surface area contributed by atoms with E-state index in [4.69, 9.17) is 9.41 Å². The number of aliphatic hydroxyl groups excluding tert-OH is 1. The van der Waals surface area contributed by atoms with Gasteiger partial charge < -0.3 is 9.53 Å². The summed E-state index contributed by atoms with van der Waals surface area (Å²) in [5, 5.41) is 13.3. The van der Waals surface area contributed by atoms with Gasteiger partial charge >= 0.3 is 0 Å². The third-order valence-electron chi connectivity index (χ3n) is 5.78. The fourth-order valence-electron chi connectivity index (χ4n) is 4.26. The average Bonchev–Trinajstić information content (AvgIpc) is 3.24. The molecule has 0 aliphatic carbocycles. The van der Waals surface area contributed by atoms with Gasteiger partial charge in [-0.1, -0.05) is 112 Å². The van der Waals surface area contributed by atoms with Gasteiger partial charge in [0.25, 0.3) is 8.32 Å². The van der Waals surface area contributed by atoms with Gasteiger partial charge in [0.15, 0.2) is 0 Å². The molecule has 0 saturated heterocycles. The van der Waals surface area contributed by atoms with Crippen LogP contribution in [0.1, 0.15) is 31.3 Å². The monoisotopic (exact) mass is 459 g/mol. The minimum atomic E-state index is -2.65. The van der Waals surface area contributed by atoms with Gasteiger partial charge in [0.2, 0.25) is 0 Å². The predicted molar refractivity (Wildman–Crippen MR) is 136 cm³/mol. The van der Waals surface area contributed by atoms with Crippen molar-refractivity contribution < 1.29 is 9.53 Å². The van der Waals surface area contributed by atoms with E-state index >= 15 is 0 Å². The van der Waals surface area contributed by atoms with Gasteiger partial charge in [-0.05, 0) is 15.4 Å². The number of thiazole rings is 1. The summed E-state index contributed by atoms with van der Waals surface area (Å²) in [5.41, 5.74) is 1.88. The summed E-state index contributed by atoms with van der Waals surface area (Å²) in [4.78, 5) is 5.74. The van der Waals surface area contributed by atoms with Gasteiger partial charge in [0.05, 0.1) is 23.8 Å². The van der Waals surface area contributed by atoms with Crippen LogP contribution < -0.4 is 10.4 Å². The molecular formula is C27H29NO2SSi. The third kappa shape index (κ3) is 4.34. The first-order valence-electron chi connectivity index (χ1n) is 10.9. The Kier molecular flexibility index (Phi) is 6.72. The second-order valence-corrected chi connectivity index (χ2v) is 14.3. The first-order chi connectivity index (χ1) is 15.5. The van der Waals surface area contributed by atoms with E-state index in [1.807, 2.05) is 42.5 Å². The van der Waals surface area contributed by atoms with E-state index in [1.54, 1.807) is 0 Å². The quantitative estimate of drug-likeness (QED) is 0.377. The van der Waals surface area contributed by atoms with Crippen molar-refractivity contribution in [1.29, 1.82) is 0 Å². The topological polar surface area (TPSA) is 42.4 Å². The summed E-state index contributed by atoms with van der Waals surface area (Å²) in [7, 11) is -2.65. The second kappa shape index (κ2) is 9.51. The van der Waals surface area contributed by atoms with Crippen LogP contribution >= 0.6 is 11.3 Å². The molecule has 0 fully saturated rings. The van der Waals surface area contributed by atoms with E-state index in [-0.39, 0.29) is 11.6 Å². The normalized spacial score (nSPS) is 12.1. The maximum Gasteiger partial charge on any atom is 0.261 e. The summed E-state index contributed by atoms with van der Waals surface area (Å²) in [6.07, 6.45) is 0. The van der Waals surface area contributed by atoms with Crippen molar-refractivity contribution in [3.05, 3.63) is 102 Å². The van der Waals surface area contributed by atoms with E-state index in [9.17, 15) is 5.11 Å². The Morgan fingerprint density at radius 1 is 0.812 bits per heavy atom. The molecule has 164 valence electrons. The number of hydrogen-bond acceptors (Lipinski definition) is 4. The molecule has 0 aliphatic rings. The Hall–Kier alpha value is -2.57. The Balaban J connectivity index is 1.77. The van der Waals surface area contributed by atoms with Gasteiger partial charge in [-0.2, -0.15) is 0 Å². The molecule has 4 rings (SSSR count). The molecule has 32 heavy (non-hydrogen) atoms. The lowest BCUT2D eigenvalue weighted by atomic mass is 10.2. The standard InChI is InChI=1S/C27H29NO2SSi/c1-27(2,3)32(22-15-9-5-10-16-22,23-17-11-6-12-18-23)30-20-24-25(19-29)31-26(28-24)21-13-7-4-8-14-21/h4-18,29H,19-20H2,1-3H3. The van der Waals surface area contributed by atoms with E-state index < -0.39 is 8.32 Å². The van der Waals surface area contributed by atoms with Crippen LogP contribution in [0.25, 0.3) is 10.6 Å². The maximum atomic E-state index is 10.0. The number of hydrogen-bond donors (Lipinski definition) is 1. The van der Waals surface area contributed by atoms with Gasteiger partial charge in [0.1, 0.15) is 5.01 Å². The van der Waals surface area contributed by atoms with Crippen molar-refractivity contribution in [3.63, 3.8) is 0 Å². The fourth-order valence-corrected chi connectivity index (χ4v) is 9.70. The van der Waals surface area contributed by atoms with Crippen molar-refractivity contribution in [2.24, 2.45) is 0 Å². The van der Waals surface area contributed by atoms with E-state index in [0.717, 1.165) is 21.1 Å². The second-order valence-electron chi connectivity index (χ2n) is 8.86. The van der Waals surface area contributed by atoms with Gasteiger partial charge in [-0.15, -0.1) is 11.3 Å². The highest BCUT2D eigenvalue weighted by Gasteiger charge is 2.50. The van der Waals surface area contributed by atoms with Crippen molar-refractivity contribution in [2.75, 3.05) is 0 Å². The van der Waals surface area contributed by atoms with Crippen molar-refractivity contribution in [2.45, 2.75) is 39.0 Å². The van der Waals surface area contributed by atoms with Crippen LogP contribution in [0.15, 0.2) is 91.0 Å². The number of nitrogens with zero attached hydrogens (tertiary/aromatic N) is 1. The molecule has 0 bridgehead atoms. The molecule has 1 aromatic heterocycles. The average molecular weight is 460 g/mol. The zero-order valence-corrected chi connectivity index (χ0v) is 20.6. The lowest BCUT2D eigenvalue weighted by molar-refractivity contribution is 0.263. The summed E-state index contributed by atoms with van der Waals surface area (Å²) in [5.74, 6) is 0. The molecule has 3 nitrogen and oxygen atoms in total. The van der Waals surface area contributed by atoms with Crippen LogP contribution in [0.5, 0.6) is 0 Å². The molecule has 0 spiro atoms. The maximum absolute atomic E-state index is 10.0. The number of benzene rings is 3. The zero-order chi connectivity index (χ0) is 22.6. The molecule has 0 unspecified atom stereocenters. The van der Waals surface area contributed by atoms with Crippen molar-refractivity contribution in [1.82, 2.24) is 4.98 Å². The minimum absolute atomic E-state index is 0.0378. The molecule has 1 heterocycles. The van der Waals surface area contributed by atoms with Crippen molar-refractivity contribution in [3.8, 4) is 10.6 Å². The minimum Gasteiger partial charge on any atom is -0.401 e. The Labute approximate surface area is 195 Å². The SMILES string of the molecule is CC(C)(C)[Si](OCc1nc(-c2ccccc2)sc1CO)(c1ccccc1)c1ccccc1. The lowest BCUT2D eigenvalue weighted by Gasteiger charge is -2.43. The van der Waals surface area contributed by atoms with Crippen LogP contribution in [0.4, 0.5) is 0 Å². The van der Waals surface area contributed by atoms with Crippen molar-refractivity contribution >= 4 is 30.0 Å².